The SMILES string of the molecule is O=C(N[C@H]1CCCCC/C=C\[C@@H]2C[C@@]2(C(=O)NCC2CC2)NC(=O)[C@@H]2CCCN2C1=O)OC1CCCC1. The van der Waals surface area contributed by atoms with Crippen LogP contribution in [0.5, 0.6) is 0 Å². The molecule has 5 rings (SSSR count). The van der Waals surface area contributed by atoms with Crippen molar-refractivity contribution in [3.63, 3.8) is 0 Å². The average Bonchev–Trinajstić information content (AvgIpc) is 3.69. The number of hydrogen-bond acceptors (Lipinski definition) is 5. The molecule has 3 N–H and O–H groups in total. The summed E-state index contributed by atoms with van der Waals surface area (Å²) >= 11 is 0. The second kappa shape index (κ2) is 11.4. The van der Waals surface area contributed by atoms with E-state index in [-0.39, 0.29) is 29.7 Å². The van der Waals surface area contributed by atoms with Gasteiger partial charge >= 0.3 is 6.09 Å². The molecule has 37 heavy (non-hydrogen) atoms. The molecule has 204 valence electrons. The lowest BCUT2D eigenvalue weighted by atomic mass is 10.1. The summed E-state index contributed by atoms with van der Waals surface area (Å²) in [4.78, 5) is 54.6. The van der Waals surface area contributed by atoms with Crippen molar-refractivity contribution in [1.29, 1.82) is 0 Å². The Hall–Kier alpha value is -2.58. The molecule has 9 nitrogen and oxygen atoms in total. The maximum atomic E-state index is 13.7. The quantitative estimate of drug-likeness (QED) is 0.488. The minimum absolute atomic E-state index is 0.0221. The van der Waals surface area contributed by atoms with Crippen molar-refractivity contribution in [2.24, 2.45) is 11.8 Å². The number of nitrogens with zero attached hydrogens (tertiary/aromatic N) is 1. The zero-order chi connectivity index (χ0) is 25.8. The summed E-state index contributed by atoms with van der Waals surface area (Å²) in [5, 5.41) is 8.96. The molecular formula is C28H42N4O5. The molecule has 2 aliphatic heterocycles. The number of nitrogens with one attached hydrogen (secondary N) is 3. The molecule has 4 fully saturated rings. The summed E-state index contributed by atoms with van der Waals surface area (Å²) in [6, 6.07) is -1.35. The van der Waals surface area contributed by atoms with Crippen molar-refractivity contribution in [2.75, 3.05) is 13.1 Å². The number of hydrogen-bond donors (Lipinski definition) is 3. The van der Waals surface area contributed by atoms with Crippen molar-refractivity contribution in [2.45, 2.75) is 114 Å². The smallest absolute Gasteiger partial charge is 0.408 e. The molecule has 2 heterocycles. The molecule has 0 aromatic rings. The molecule has 0 aromatic heterocycles. The number of fused-ring (bicyclic) bond motifs is 2. The van der Waals surface area contributed by atoms with Crippen molar-refractivity contribution >= 4 is 23.8 Å². The van der Waals surface area contributed by atoms with Crippen LogP contribution in [0.25, 0.3) is 0 Å². The normalized spacial score (nSPS) is 33.8. The van der Waals surface area contributed by atoms with Gasteiger partial charge in [0.15, 0.2) is 0 Å². The van der Waals surface area contributed by atoms with Gasteiger partial charge < -0.3 is 25.6 Å². The third-order valence-electron chi connectivity index (χ3n) is 8.75. The van der Waals surface area contributed by atoms with E-state index in [1.165, 1.54) is 0 Å². The highest BCUT2D eigenvalue weighted by molar-refractivity contribution is 5.98. The van der Waals surface area contributed by atoms with E-state index in [1.54, 1.807) is 4.90 Å². The van der Waals surface area contributed by atoms with Crippen LogP contribution in [0.2, 0.25) is 0 Å². The number of rotatable bonds is 5. The van der Waals surface area contributed by atoms with Crippen LogP contribution in [0.3, 0.4) is 0 Å². The van der Waals surface area contributed by atoms with Crippen LogP contribution < -0.4 is 16.0 Å². The molecule has 0 spiro atoms. The molecule has 4 atom stereocenters. The van der Waals surface area contributed by atoms with Crippen LogP contribution in [-0.4, -0.2) is 65.5 Å². The zero-order valence-corrected chi connectivity index (χ0v) is 21.8. The Balaban J connectivity index is 1.29. The highest BCUT2D eigenvalue weighted by Gasteiger charge is 2.60. The molecule has 1 saturated heterocycles. The lowest BCUT2D eigenvalue weighted by Crippen LogP contribution is -2.58. The van der Waals surface area contributed by atoms with E-state index in [1.807, 2.05) is 0 Å². The van der Waals surface area contributed by atoms with E-state index < -0.39 is 23.7 Å². The third-order valence-corrected chi connectivity index (χ3v) is 8.75. The number of alkyl carbamates (subject to hydrolysis) is 1. The average molecular weight is 515 g/mol. The van der Waals surface area contributed by atoms with Gasteiger partial charge in [0.05, 0.1) is 0 Å². The van der Waals surface area contributed by atoms with Gasteiger partial charge in [0, 0.05) is 19.0 Å². The summed E-state index contributed by atoms with van der Waals surface area (Å²) in [5.74, 6) is -0.0826. The Morgan fingerprint density at radius 1 is 1.00 bits per heavy atom. The van der Waals surface area contributed by atoms with Crippen LogP contribution in [0.15, 0.2) is 12.2 Å². The Morgan fingerprint density at radius 3 is 2.57 bits per heavy atom. The maximum Gasteiger partial charge on any atom is 0.408 e. The molecule has 9 heteroatoms. The van der Waals surface area contributed by atoms with Gasteiger partial charge in [0.25, 0.3) is 0 Å². The van der Waals surface area contributed by atoms with Gasteiger partial charge in [-0.3, -0.25) is 14.4 Å². The van der Waals surface area contributed by atoms with Gasteiger partial charge in [0.2, 0.25) is 17.7 Å². The second-order valence-electron chi connectivity index (χ2n) is 11.7. The lowest BCUT2D eigenvalue weighted by Gasteiger charge is -2.30. The predicted octanol–water partition coefficient (Wildman–Crippen LogP) is 2.94. The molecule has 0 aromatic carbocycles. The van der Waals surface area contributed by atoms with E-state index in [0.29, 0.717) is 44.7 Å². The Bertz CT molecular complexity index is 912. The fourth-order valence-corrected chi connectivity index (χ4v) is 6.14. The first kappa shape index (κ1) is 26.0. The van der Waals surface area contributed by atoms with Gasteiger partial charge in [-0.1, -0.05) is 25.0 Å². The second-order valence-corrected chi connectivity index (χ2v) is 11.7. The lowest BCUT2D eigenvalue weighted by molar-refractivity contribution is -0.141. The molecule has 0 radical (unpaired) electrons. The van der Waals surface area contributed by atoms with Gasteiger partial charge in [-0.25, -0.2) is 4.79 Å². The molecule has 0 bridgehead atoms. The largest absolute Gasteiger partial charge is 0.446 e. The standard InChI is InChI=1S/C28H42N4O5/c33-24-23-13-8-16-32(23)25(34)22(30-27(36)37-21-10-6-7-11-21)12-5-3-1-2-4-9-20-17-28(20,31-24)26(35)29-18-19-14-15-19/h4,9,19-23H,1-3,5-8,10-18H2,(H,29,35)(H,30,36)(H,31,33)/b9-4-/t20-,22+,23+,28-/m1/s1. The molecule has 3 saturated carbocycles. The highest BCUT2D eigenvalue weighted by atomic mass is 16.6. The summed E-state index contributed by atoms with van der Waals surface area (Å²) in [7, 11) is 0. The fourth-order valence-electron chi connectivity index (χ4n) is 6.14. The van der Waals surface area contributed by atoms with Crippen LogP contribution in [0, 0.1) is 11.8 Å². The number of carbonyl (C=O) groups is 4. The molecule has 5 aliphatic rings. The van der Waals surface area contributed by atoms with Crippen molar-refractivity contribution in [3.05, 3.63) is 12.2 Å². The predicted molar refractivity (Wildman–Crippen MR) is 137 cm³/mol. The van der Waals surface area contributed by atoms with Gasteiger partial charge in [0.1, 0.15) is 23.7 Å². The van der Waals surface area contributed by atoms with Gasteiger partial charge in [-0.2, -0.15) is 0 Å². The van der Waals surface area contributed by atoms with Crippen LogP contribution in [0.1, 0.15) is 89.9 Å². The summed E-state index contributed by atoms with van der Waals surface area (Å²) < 4.78 is 5.57. The molecule has 3 aliphatic carbocycles. The maximum absolute atomic E-state index is 13.7. The Kier molecular flexibility index (Phi) is 8.05. The number of carbonyl (C=O) groups excluding carboxylic acids is 4. The van der Waals surface area contributed by atoms with E-state index >= 15 is 0 Å². The van der Waals surface area contributed by atoms with Crippen molar-refractivity contribution < 1.29 is 23.9 Å². The van der Waals surface area contributed by atoms with E-state index in [9.17, 15) is 19.2 Å². The van der Waals surface area contributed by atoms with E-state index in [2.05, 4.69) is 28.1 Å². The minimum atomic E-state index is -0.928. The van der Waals surface area contributed by atoms with Gasteiger partial charge in [-0.05, 0) is 83.0 Å². The fraction of sp³-hybridized carbons (Fsp3) is 0.786. The first-order valence-corrected chi connectivity index (χ1v) is 14.5. The molecule has 0 unspecified atom stereocenters. The molecule has 4 amide bonds. The monoisotopic (exact) mass is 514 g/mol. The van der Waals surface area contributed by atoms with E-state index in [4.69, 9.17) is 4.74 Å². The summed E-state index contributed by atoms with van der Waals surface area (Å²) in [6.07, 6.45) is 15.7. The zero-order valence-electron chi connectivity index (χ0n) is 21.8. The topological polar surface area (TPSA) is 117 Å². The summed E-state index contributed by atoms with van der Waals surface area (Å²) in [6.45, 7) is 1.13. The van der Waals surface area contributed by atoms with Crippen molar-refractivity contribution in [1.82, 2.24) is 20.9 Å². The van der Waals surface area contributed by atoms with Crippen LogP contribution in [0.4, 0.5) is 4.79 Å². The molecular weight excluding hydrogens is 472 g/mol. The van der Waals surface area contributed by atoms with E-state index in [0.717, 1.165) is 64.2 Å². The Labute approximate surface area is 219 Å². The Morgan fingerprint density at radius 2 is 1.78 bits per heavy atom. The number of ether oxygens (including phenoxy) is 1. The van der Waals surface area contributed by atoms with Gasteiger partial charge in [-0.15, -0.1) is 0 Å². The summed E-state index contributed by atoms with van der Waals surface area (Å²) in [5.41, 5.74) is -0.928. The highest BCUT2D eigenvalue weighted by Crippen LogP contribution is 2.45. The van der Waals surface area contributed by atoms with Crippen molar-refractivity contribution in [3.8, 4) is 0 Å². The van der Waals surface area contributed by atoms with Crippen LogP contribution >= 0.6 is 0 Å². The minimum Gasteiger partial charge on any atom is -0.446 e. The first-order chi connectivity index (χ1) is 18.0. The first-order valence-electron chi connectivity index (χ1n) is 14.5. The number of allylic oxidation sites excluding steroid dienone is 1. The van der Waals surface area contributed by atoms with Crippen LogP contribution in [-0.2, 0) is 19.1 Å². The number of amides is 4. The third kappa shape index (κ3) is 6.29.